The van der Waals surface area contributed by atoms with Crippen LogP contribution in [0.1, 0.15) is 30.2 Å². The summed E-state index contributed by atoms with van der Waals surface area (Å²) >= 11 is 0. The molecule has 0 saturated heterocycles. The maximum atomic E-state index is 12.7. The minimum atomic E-state index is -0.134. The predicted molar refractivity (Wildman–Crippen MR) is 108 cm³/mol. The van der Waals surface area contributed by atoms with Crippen molar-refractivity contribution in [2.75, 3.05) is 5.32 Å². The molecule has 0 aliphatic carbocycles. The van der Waals surface area contributed by atoms with E-state index in [0.29, 0.717) is 22.7 Å². The fourth-order valence-electron chi connectivity index (χ4n) is 3.11. The summed E-state index contributed by atoms with van der Waals surface area (Å²) in [5.74, 6) is 1.32. The quantitative estimate of drug-likeness (QED) is 0.579. The number of anilines is 1. The molecule has 7 heteroatoms. The molecule has 0 bridgehead atoms. The average Bonchev–Trinajstić information content (AvgIpc) is 2.70. The Morgan fingerprint density at radius 3 is 2.75 bits per heavy atom. The summed E-state index contributed by atoms with van der Waals surface area (Å²) in [6.45, 7) is 4.13. The number of aromatic nitrogens is 5. The monoisotopic (exact) mass is 372 g/mol. The van der Waals surface area contributed by atoms with Crippen LogP contribution in [0.4, 0.5) is 5.82 Å². The Bertz CT molecular complexity index is 1170. The van der Waals surface area contributed by atoms with Crippen molar-refractivity contribution in [2.45, 2.75) is 26.4 Å². The fourth-order valence-corrected chi connectivity index (χ4v) is 3.11. The maximum absolute atomic E-state index is 12.7. The van der Waals surface area contributed by atoms with Gasteiger partial charge in [0.05, 0.1) is 35.6 Å². The Kier molecular flexibility index (Phi) is 4.80. The van der Waals surface area contributed by atoms with Crippen LogP contribution in [-0.2, 0) is 6.54 Å². The molecule has 1 atom stereocenters. The summed E-state index contributed by atoms with van der Waals surface area (Å²) in [5.41, 5.74) is 1.51. The summed E-state index contributed by atoms with van der Waals surface area (Å²) in [5, 5.41) is 9.10. The van der Waals surface area contributed by atoms with E-state index in [4.69, 9.17) is 0 Å². The van der Waals surface area contributed by atoms with E-state index in [-0.39, 0.29) is 18.1 Å². The van der Waals surface area contributed by atoms with Gasteiger partial charge < -0.3 is 5.32 Å². The first kappa shape index (κ1) is 17.8. The van der Waals surface area contributed by atoms with E-state index in [1.165, 1.54) is 4.68 Å². The van der Waals surface area contributed by atoms with Gasteiger partial charge in [0.2, 0.25) is 0 Å². The third-order valence-corrected chi connectivity index (χ3v) is 4.46. The number of fused-ring (bicyclic) bond motifs is 1. The van der Waals surface area contributed by atoms with Crippen LogP contribution in [0, 0.1) is 6.92 Å². The molecule has 0 aliphatic rings. The first-order chi connectivity index (χ1) is 13.6. The summed E-state index contributed by atoms with van der Waals surface area (Å²) in [6, 6.07) is 15.1. The van der Waals surface area contributed by atoms with E-state index in [2.05, 4.69) is 25.4 Å². The number of benzene rings is 1. The van der Waals surface area contributed by atoms with E-state index in [0.717, 1.165) is 11.1 Å². The summed E-state index contributed by atoms with van der Waals surface area (Å²) < 4.78 is 1.43. The third kappa shape index (κ3) is 3.73. The molecule has 0 radical (unpaired) electrons. The number of aryl methyl sites for hydroxylation is 1. The molecule has 0 saturated carbocycles. The molecule has 0 amide bonds. The largest absolute Gasteiger partial charge is 0.362 e. The molecule has 1 aromatic carbocycles. The van der Waals surface area contributed by atoms with E-state index in [1.807, 2.05) is 62.4 Å². The molecular formula is C21H20N6O. The molecule has 3 aromatic heterocycles. The Morgan fingerprint density at radius 2 is 1.93 bits per heavy atom. The molecule has 140 valence electrons. The molecule has 7 nitrogen and oxygen atoms in total. The normalized spacial score (nSPS) is 12.1. The Morgan fingerprint density at radius 1 is 1.11 bits per heavy atom. The van der Waals surface area contributed by atoms with Crippen molar-refractivity contribution in [3.05, 3.63) is 88.5 Å². The Hall–Kier alpha value is -3.61. The van der Waals surface area contributed by atoms with Crippen LogP contribution in [0.15, 0.2) is 65.7 Å². The summed E-state index contributed by atoms with van der Waals surface area (Å²) in [6.07, 6.45) is 3.47. The second-order valence-electron chi connectivity index (χ2n) is 6.61. The van der Waals surface area contributed by atoms with Crippen molar-refractivity contribution in [3.63, 3.8) is 0 Å². The summed E-state index contributed by atoms with van der Waals surface area (Å²) in [7, 11) is 0. The molecule has 1 N–H and O–H groups in total. The lowest BCUT2D eigenvalue weighted by atomic mass is 10.2. The molecule has 4 aromatic rings. The number of nitrogens with one attached hydrogen (secondary N) is 1. The van der Waals surface area contributed by atoms with Crippen molar-refractivity contribution < 1.29 is 0 Å². The van der Waals surface area contributed by atoms with E-state index in [9.17, 15) is 4.79 Å². The number of rotatable bonds is 5. The highest BCUT2D eigenvalue weighted by atomic mass is 16.1. The van der Waals surface area contributed by atoms with Gasteiger partial charge in [0.25, 0.3) is 5.56 Å². The lowest BCUT2D eigenvalue weighted by Gasteiger charge is -2.15. The van der Waals surface area contributed by atoms with E-state index in [1.54, 1.807) is 12.4 Å². The highest BCUT2D eigenvalue weighted by molar-refractivity contribution is 5.80. The van der Waals surface area contributed by atoms with E-state index >= 15 is 0 Å². The van der Waals surface area contributed by atoms with Gasteiger partial charge in [-0.1, -0.05) is 24.3 Å². The molecule has 28 heavy (non-hydrogen) atoms. The van der Waals surface area contributed by atoms with Crippen LogP contribution in [0.3, 0.4) is 0 Å². The maximum Gasteiger partial charge on any atom is 0.274 e. The van der Waals surface area contributed by atoms with Crippen molar-refractivity contribution in [1.82, 2.24) is 24.7 Å². The van der Waals surface area contributed by atoms with Crippen LogP contribution in [0.25, 0.3) is 10.8 Å². The zero-order valence-electron chi connectivity index (χ0n) is 15.7. The molecule has 0 aliphatic heterocycles. The molecular weight excluding hydrogens is 352 g/mol. The smallest absolute Gasteiger partial charge is 0.274 e. The topological polar surface area (TPSA) is 85.6 Å². The standard InChI is InChI=1S/C21H20N6O/c1-14(19-9-5-6-10-22-19)24-20-11-17(25-15(2)26-20)13-27-21(28)18-8-4-3-7-16(18)12-23-27/h3-12,14H,13H2,1-2H3,(H,24,25,26). The van der Waals surface area contributed by atoms with Gasteiger partial charge in [-0.15, -0.1) is 0 Å². The van der Waals surface area contributed by atoms with Gasteiger partial charge in [-0.25, -0.2) is 14.6 Å². The Labute approximate surface area is 162 Å². The average molecular weight is 372 g/mol. The van der Waals surface area contributed by atoms with Gasteiger partial charge in [-0.2, -0.15) is 5.10 Å². The number of pyridine rings is 1. The molecule has 0 spiro atoms. The summed E-state index contributed by atoms with van der Waals surface area (Å²) in [4.78, 5) is 26.0. The number of nitrogens with zero attached hydrogens (tertiary/aromatic N) is 5. The van der Waals surface area contributed by atoms with Crippen LogP contribution in [0.2, 0.25) is 0 Å². The van der Waals surface area contributed by atoms with Crippen LogP contribution in [-0.4, -0.2) is 24.7 Å². The molecule has 4 rings (SSSR count). The van der Waals surface area contributed by atoms with Gasteiger partial charge in [0.15, 0.2) is 0 Å². The molecule has 3 heterocycles. The first-order valence-corrected chi connectivity index (χ1v) is 9.07. The minimum absolute atomic E-state index is 0.00938. The number of hydrogen-bond donors (Lipinski definition) is 1. The highest BCUT2D eigenvalue weighted by Crippen LogP contribution is 2.17. The van der Waals surface area contributed by atoms with Crippen LogP contribution in [0.5, 0.6) is 0 Å². The zero-order chi connectivity index (χ0) is 19.5. The minimum Gasteiger partial charge on any atom is -0.362 e. The zero-order valence-corrected chi connectivity index (χ0v) is 15.7. The Balaban J connectivity index is 1.61. The van der Waals surface area contributed by atoms with Gasteiger partial charge in [0, 0.05) is 17.6 Å². The second-order valence-corrected chi connectivity index (χ2v) is 6.61. The first-order valence-electron chi connectivity index (χ1n) is 9.07. The fraction of sp³-hybridized carbons (Fsp3) is 0.190. The van der Waals surface area contributed by atoms with Crippen molar-refractivity contribution in [3.8, 4) is 0 Å². The third-order valence-electron chi connectivity index (χ3n) is 4.46. The number of hydrogen-bond acceptors (Lipinski definition) is 6. The molecule has 1 unspecified atom stereocenters. The highest BCUT2D eigenvalue weighted by Gasteiger charge is 2.11. The van der Waals surface area contributed by atoms with Gasteiger partial charge in [-0.3, -0.25) is 9.78 Å². The van der Waals surface area contributed by atoms with Crippen LogP contribution >= 0.6 is 0 Å². The van der Waals surface area contributed by atoms with Crippen molar-refractivity contribution in [1.29, 1.82) is 0 Å². The van der Waals surface area contributed by atoms with Crippen molar-refractivity contribution >= 4 is 16.6 Å². The lowest BCUT2D eigenvalue weighted by Crippen LogP contribution is -2.24. The predicted octanol–water partition coefficient (Wildman–Crippen LogP) is 3.11. The van der Waals surface area contributed by atoms with Gasteiger partial charge >= 0.3 is 0 Å². The molecule has 0 fully saturated rings. The van der Waals surface area contributed by atoms with Crippen LogP contribution < -0.4 is 10.9 Å². The van der Waals surface area contributed by atoms with E-state index < -0.39 is 0 Å². The van der Waals surface area contributed by atoms with Crippen molar-refractivity contribution in [2.24, 2.45) is 0 Å². The second kappa shape index (κ2) is 7.56. The van der Waals surface area contributed by atoms with Gasteiger partial charge in [0.1, 0.15) is 11.6 Å². The lowest BCUT2D eigenvalue weighted by molar-refractivity contribution is 0.632. The van der Waals surface area contributed by atoms with Gasteiger partial charge in [-0.05, 0) is 32.0 Å². The SMILES string of the molecule is Cc1nc(Cn2ncc3ccccc3c2=O)cc(NC(C)c2ccccn2)n1.